The molecule has 1 aromatic heterocycles. The van der Waals surface area contributed by atoms with Crippen LogP contribution in [-0.4, -0.2) is 42.5 Å². The zero-order valence-corrected chi connectivity index (χ0v) is 21.7. The van der Waals surface area contributed by atoms with Crippen LogP contribution in [0.15, 0.2) is 78.0 Å². The molecule has 0 radical (unpaired) electrons. The molecule has 3 aromatic carbocycles. The summed E-state index contributed by atoms with van der Waals surface area (Å²) in [5.74, 6) is 0.189. The van der Waals surface area contributed by atoms with Gasteiger partial charge < -0.3 is 16.0 Å². The number of nitrogens with one attached hydrogen (secondary N) is 4. The first-order valence-corrected chi connectivity index (χ1v) is 13.8. The lowest BCUT2D eigenvalue weighted by Gasteiger charge is -2.23. The van der Waals surface area contributed by atoms with Crippen LogP contribution in [0.5, 0.6) is 0 Å². The maximum Gasteiger partial charge on any atom is 0.263 e. The first kappa shape index (κ1) is 25.8. The average molecular weight is 554 g/mol. The highest BCUT2D eigenvalue weighted by Crippen LogP contribution is 2.31. The molecule has 1 saturated heterocycles. The number of anilines is 4. The van der Waals surface area contributed by atoms with Crippen molar-refractivity contribution < 1.29 is 12.8 Å². The van der Waals surface area contributed by atoms with Crippen molar-refractivity contribution in [1.29, 1.82) is 0 Å². The van der Waals surface area contributed by atoms with Crippen LogP contribution in [0.2, 0.25) is 5.02 Å². The summed E-state index contributed by atoms with van der Waals surface area (Å²) in [6, 6.07) is 17.7. The molecule has 0 bridgehead atoms. The summed E-state index contributed by atoms with van der Waals surface area (Å²) in [7, 11) is -4.07. The number of hydrogen-bond acceptors (Lipinski definition) is 8. The van der Waals surface area contributed by atoms with Gasteiger partial charge in [-0.1, -0.05) is 35.9 Å². The number of aromatic nitrogens is 3. The molecule has 0 spiro atoms. The molecule has 38 heavy (non-hydrogen) atoms. The average Bonchev–Trinajstić information content (AvgIpc) is 2.91. The molecule has 1 aliphatic rings. The van der Waals surface area contributed by atoms with E-state index in [1.165, 1.54) is 30.6 Å². The molecule has 1 aliphatic heterocycles. The van der Waals surface area contributed by atoms with Gasteiger partial charge in [0.05, 0.1) is 10.7 Å². The van der Waals surface area contributed by atoms with Gasteiger partial charge in [0.1, 0.15) is 17.0 Å². The fourth-order valence-corrected chi connectivity index (χ4v) is 5.72. The van der Waals surface area contributed by atoms with Gasteiger partial charge in [-0.15, -0.1) is 0 Å². The predicted octanol–water partition coefficient (Wildman–Crippen LogP) is 5.04. The number of piperidine rings is 1. The van der Waals surface area contributed by atoms with Crippen molar-refractivity contribution in [3.63, 3.8) is 0 Å². The first-order valence-electron chi connectivity index (χ1n) is 12.0. The third-order valence-electron chi connectivity index (χ3n) is 5.99. The molecule has 0 unspecified atom stereocenters. The first-order chi connectivity index (χ1) is 18.4. The van der Waals surface area contributed by atoms with Gasteiger partial charge in [-0.2, -0.15) is 4.98 Å². The van der Waals surface area contributed by atoms with E-state index in [-0.39, 0.29) is 21.6 Å². The fourth-order valence-electron chi connectivity index (χ4n) is 4.13. The number of para-hydroxylation sites is 1. The van der Waals surface area contributed by atoms with Gasteiger partial charge in [-0.25, -0.2) is 22.8 Å². The minimum absolute atomic E-state index is 0.0439. The van der Waals surface area contributed by atoms with E-state index < -0.39 is 15.8 Å². The van der Waals surface area contributed by atoms with Gasteiger partial charge in [-0.3, -0.25) is 4.72 Å². The molecule has 5 rings (SSSR count). The van der Waals surface area contributed by atoms with Crippen LogP contribution in [0, 0.1) is 5.82 Å². The van der Waals surface area contributed by atoms with E-state index in [0.29, 0.717) is 28.7 Å². The van der Waals surface area contributed by atoms with E-state index >= 15 is 0 Å². The van der Waals surface area contributed by atoms with Gasteiger partial charge in [0.25, 0.3) is 10.0 Å². The standard InChI is InChI=1S/C26H25ClFN7O2S/c27-20-8-2-4-10-24(20)38(36,37)35-23-12-11-17(14-21(23)28)32-22-9-3-1-7-19(22)25-30-16-31-26(34-25)33-18-6-5-13-29-15-18/h1-4,7-12,14,16,18,29,32,35H,5-6,13,15H2,(H,30,31,33,34)/t18-/m0/s1. The number of hydrogen-bond donors (Lipinski definition) is 4. The molecule has 196 valence electrons. The topological polar surface area (TPSA) is 121 Å². The lowest BCUT2D eigenvalue weighted by Crippen LogP contribution is -2.38. The lowest BCUT2D eigenvalue weighted by atomic mass is 10.1. The number of sulfonamides is 1. The van der Waals surface area contributed by atoms with Gasteiger partial charge in [0.15, 0.2) is 5.82 Å². The van der Waals surface area contributed by atoms with Crippen LogP contribution in [0.1, 0.15) is 12.8 Å². The Morgan fingerprint density at radius 3 is 2.61 bits per heavy atom. The second kappa shape index (κ2) is 11.3. The monoisotopic (exact) mass is 553 g/mol. The van der Waals surface area contributed by atoms with Crippen LogP contribution in [0.3, 0.4) is 0 Å². The van der Waals surface area contributed by atoms with E-state index in [0.717, 1.165) is 25.9 Å². The number of halogens is 2. The fraction of sp³-hybridized carbons (Fsp3) is 0.192. The minimum Gasteiger partial charge on any atom is -0.355 e. The summed E-state index contributed by atoms with van der Waals surface area (Å²) in [6.45, 7) is 1.85. The van der Waals surface area contributed by atoms with Crippen molar-refractivity contribution in [2.75, 3.05) is 28.4 Å². The van der Waals surface area contributed by atoms with Crippen molar-refractivity contribution in [2.45, 2.75) is 23.8 Å². The summed E-state index contributed by atoms with van der Waals surface area (Å²) in [6.07, 6.45) is 3.57. The quantitative estimate of drug-likeness (QED) is 0.239. The Morgan fingerprint density at radius 1 is 1.00 bits per heavy atom. The molecule has 0 amide bonds. The van der Waals surface area contributed by atoms with Crippen LogP contribution >= 0.6 is 11.6 Å². The van der Waals surface area contributed by atoms with E-state index in [1.54, 1.807) is 18.2 Å². The van der Waals surface area contributed by atoms with Crippen molar-refractivity contribution in [2.24, 2.45) is 0 Å². The van der Waals surface area contributed by atoms with E-state index in [4.69, 9.17) is 11.6 Å². The number of rotatable bonds is 8. The predicted molar refractivity (Wildman–Crippen MR) is 147 cm³/mol. The summed E-state index contributed by atoms with van der Waals surface area (Å²) in [4.78, 5) is 13.0. The second-order valence-electron chi connectivity index (χ2n) is 8.72. The second-order valence-corrected chi connectivity index (χ2v) is 10.8. The third-order valence-corrected chi connectivity index (χ3v) is 7.85. The molecule has 12 heteroatoms. The molecular weight excluding hydrogens is 529 g/mol. The molecule has 0 aliphatic carbocycles. The highest BCUT2D eigenvalue weighted by atomic mass is 35.5. The summed E-state index contributed by atoms with van der Waals surface area (Å²) < 4.78 is 42.6. The van der Waals surface area contributed by atoms with Crippen LogP contribution in [0.25, 0.3) is 11.4 Å². The molecule has 0 saturated carbocycles. The summed E-state index contributed by atoms with van der Waals surface area (Å²) in [5, 5.41) is 9.92. The Balaban J connectivity index is 1.35. The normalized spacial score (nSPS) is 15.6. The zero-order chi connectivity index (χ0) is 26.5. The molecule has 4 aromatic rings. The van der Waals surface area contributed by atoms with Gasteiger partial charge in [0, 0.05) is 29.5 Å². The Hall–Kier alpha value is -3.80. The van der Waals surface area contributed by atoms with Crippen molar-refractivity contribution in [3.05, 3.63) is 83.9 Å². The lowest BCUT2D eigenvalue weighted by molar-refractivity contribution is 0.478. The van der Waals surface area contributed by atoms with Gasteiger partial charge in [0.2, 0.25) is 5.95 Å². The number of benzene rings is 3. The highest BCUT2D eigenvalue weighted by Gasteiger charge is 2.20. The highest BCUT2D eigenvalue weighted by molar-refractivity contribution is 7.92. The molecule has 9 nitrogen and oxygen atoms in total. The van der Waals surface area contributed by atoms with E-state index in [2.05, 4.69) is 35.6 Å². The molecule has 2 heterocycles. The molecule has 1 atom stereocenters. The zero-order valence-electron chi connectivity index (χ0n) is 20.2. The van der Waals surface area contributed by atoms with Crippen LogP contribution in [-0.2, 0) is 10.0 Å². The SMILES string of the molecule is O=S(=O)(Nc1ccc(Nc2ccccc2-c2ncnc(N[C@H]3CCCNC3)n2)cc1F)c1ccccc1Cl. The third kappa shape index (κ3) is 6.01. The Morgan fingerprint density at radius 2 is 1.82 bits per heavy atom. The maximum atomic E-state index is 15.0. The number of nitrogens with zero attached hydrogens (tertiary/aromatic N) is 3. The van der Waals surface area contributed by atoms with E-state index in [9.17, 15) is 12.8 Å². The maximum absolute atomic E-state index is 15.0. The van der Waals surface area contributed by atoms with Crippen LogP contribution < -0.4 is 20.7 Å². The van der Waals surface area contributed by atoms with E-state index in [1.807, 2.05) is 24.3 Å². The molecular formula is C26H25ClFN7O2S. The molecule has 1 fully saturated rings. The molecule has 4 N–H and O–H groups in total. The van der Waals surface area contributed by atoms with Crippen molar-refractivity contribution >= 4 is 44.6 Å². The Bertz CT molecular complexity index is 1550. The smallest absolute Gasteiger partial charge is 0.263 e. The minimum atomic E-state index is -4.07. The van der Waals surface area contributed by atoms with Crippen molar-refractivity contribution in [3.8, 4) is 11.4 Å². The van der Waals surface area contributed by atoms with Crippen LogP contribution in [0.4, 0.5) is 27.4 Å². The largest absolute Gasteiger partial charge is 0.355 e. The van der Waals surface area contributed by atoms with Gasteiger partial charge >= 0.3 is 0 Å². The Kier molecular flexibility index (Phi) is 7.68. The van der Waals surface area contributed by atoms with Gasteiger partial charge in [-0.05, 0) is 61.9 Å². The summed E-state index contributed by atoms with van der Waals surface area (Å²) in [5.41, 5.74) is 1.56. The summed E-state index contributed by atoms with van der Waals surface area (Å²) >= 11 is 6.01. The van der Waals surface area contributed by atoms with Crippen molar-refractivity contribution in [1.82, 2.24) is 20.3 Å². The Labute approximate surface area is 225 Å².